The quantitative estimate of drug-likeness (QED) is 0.423. The molecule has 0 N–H and O–H groups in total. The summed E-state index contributed by atoms with van der Waals surface area (Å²) in [4.78, 5) is 34.6. The third-order valence-electron chi connectivity index (χ3n) is 5.14. The van der Waals surface area contributed by atoms with Crippen molar-refractivity contribution in [3.63, 3.8) is 0 Å². The average Bonchev–Trinajstić information content (AvgIpc) is 3.56. The van der Waals surface area contributed by atoms with Gasteiger partial charge in [0.1, 0.15) is 10.7 Å². The highest BCUT2D eigenvalue weighted by atomic mass is 32.1. The average molecular weight is 458 g/mol. The molecule has 7 nitrogen and oxygen atoms in total. The molecule has 1 aliphatic rings. The maximum absolute atomic E-state index is 13.8. The van der Waals surface area contributed by atoms with Crippen molar-refractivity contribution >= 4 is 34.8 Å². The number of furan rings is 1. The normalized spacial score (nSPS) is 14.2. The fourth-order valence-electron chi connectivity index (χ4n) is 3.62. The van der Waals surface area contributed by atoms with Gasteiger partial charge in [-0.1, -0.05) is 6.08 Å². The molecule has 4 aromatic heterocycles. The summed E-state index contributed by atoms with van der Waals surface area (Å²) in [6.07, 6.45) is 3.03. The van der Waals surface area contributed by atoms with Gasteiger partial charge in [-0.2, -0.15) is 13.2 Å². The van der Waals surface area contributed by atoms with Gasteiger partial charge >= 0.3 is 6.18 Å². The lowest BCUT2D eigenvalue weighted by Gasteiger charge is -2.14. The summed E-state index contributed by atoms with van der Waals surface area (Å²) in [5.41, 5.74) is -0.737. The van der Waals surface area contributed by atoms with E-state index >= 15 is 0 Å². The number of imidazole rings is 1. The Kier molecular flexibility index (Phi) is 4.70. The summed E-state index contributed by atoms with van der Waals surface area (Å²) in [5.74, 6) is -0.628. The Balaban J connectivity index is 1.60. The number of aldehydes is 1. The lowest BCUT2D eigenvalue weighted by atomic mass is 10.1. The van der Waals surface area contributed by atoms with Crippen LogP contribution < -0.4 is 0 Å². The molecule has 0 aromatic carbocycles. The standard InChI is InChI=1S/C21H13F3N4O3S/c22-21(23,24)15-7-14(13-2-5-31-11-13)9-28-16(10-29)17(26-18(15)28)20(30)27-4-1-12(8-27)19-25-3-6-32-19/h1-3,5-7,9-11H,4,8H2. The van der Waals surface area contributed by atoms with Crippen molar-refractivity contribution in [1.82, 2.24) is 19.3 Å². The van der Waals surface area contributed by atoms with E-state index in [1.807, 2.05) is 11.5 Å². The number of alkyl halides is 3. The molecule has 0 saturated carbocycles. The first kappa shape index (κ1) is 20.2. The smallest absolute Gasteiger partial charge is 0.420 e. The van der Waals surface area contributed by atoms with Crippen LogP contribution in [0.3, 0.4) is 0 Å². The minimum Gasteiger partial charge on any atom is -0.472 e. The monoisotopic (exact) mass is 458 g/mol. The summed E-state index contributed by atoms with van der Waals surface area (Å²) in [5, 5.41) is 2.57. The Hall–Kier alpha value is -3.73. The van der Waals surface area contributed by atoms with Crippen LogP contribution in [0.4, 0.5) is 13.2 Å². The third-order valence-corrected chi connectivity index (χ3v) is 5.99. The number of halogens is 3. The van der Waals surface area contributed by atoms with E-state index in [9.17, 15) is 22.8 Å². The summed E-state index contributed by atoms with van der Waals surface area (Å²) < 4.78 is 47.4. The maximum Gasteiger partial charge on any atom is 0.420 e. The second-order valence-corrected chi connectivity index (χ2v) is 7.96. The summed E-state index contributed by atoms with van der Waals surface area (Å²) in [6, 6.07) is 2.43. The Morgan fingerprint density at radius 3 is 2.78 bits per heavy atom. The second-order valence-electron chi connectivity index (χ2n) is 7.06. The van der Waals surface area contributed by atoms with Crippen LogP contribution in [-0.2, 0) is 6.18 Å². The molecule has 0 spiro atoms. The number of hydrogen-bond acceptors (Lipinski definition) is 6. The minimum absolute atomic E-state index is 0.173. The molecule has 11 heteroatoms. The molecule has 4 aromatic rings. The van der Waals surface area contributed by atoms with E-state index in [2.05, 4.69) is 9.97 Å². The van der Waals surface area contributed by atoms with E-state index in [1.54, 1.807) is 6.20 Å². The van der Waals surface area contributed by atoms with Gasteiger partial charge in [-0.3, -0.25) is 14.0 Å². The zero-order chi connectivity index (χ0) is 22.5. The second kappa shape index (κ2) is 7.45. The Bertz CT molecular complexity index is 1360. The number of carbonyl (C=O) groups excluding carboxylic acids is 2. The molecule has 0 saturated heterocycles. The number of nitrogens with zero attached hydrogens (tertiary/aromatic N) is 4. The lowest BCUT2D eigenvalue weighted by Crippen LogP contribution is -2.30. The van der Waals surface area contributed by atoms with Gasteiger partial charge in [0.25, 0.3) is 5.91 Å². The van der Waals surface area contributed by atoms with E-state index in [1.165, 1.54) is 41.0 Å². The van der Waals surface area contributed by atoms with Gasteiger partial charge in [-0.25, -0.2) is 9.97 Å². The van der Waals surface area contributed by atoms with Gasteiger partial charge in [0.05, 0.1) is 18.1 Å². The zero-order valence-electron chi connectivity index (χ0n) is 16.2. The molecule has 1 amide bonds. The van der Waals surface area contributed by atoms with Crippen molar-refractivity contribution in [3.05, 3.63) is 70.5 Å². The summed E-state index contributed by atoms with van der Waals surface area (Å²) >= 11 is 1.42. The molecule has 0 unspecified atom stereocenters. The van der Waals surface area contributed by atoms with Crippen LogP contribution in [0, 0.1) is 0 Å². The van der Waals surface area contributed by atoms with Crippen molar-refractivity contribution in [1.29, 1.82) is 0 Å². The van der Waals surface area contributed by atoms with E-state index in [0.717, 1.165) is 21.0 Å². The number of pyridine rings is 1. The molecule has 5 rings (SSSR count). The third kappa shape index (κ3) is 3.30. The van der Waals surface area contributed by atoms with E-state index in [4.69, 9.17) is 4.42 Å². The van der Waals surface area contributed by atoms with Crippen molar-refractivity contribution in [2.45, 2.75) is 6.18 Å². The van der Waals surface area contributed by atoms with E-state index < -0.39 is 23.3 Å². The molecule has 1 aliphatic heterocycles. The first-order valence-electron chi connectivity index (χ1n) is 9.36. The molecular weight excluding hydrogens is 445 g/mol. The highest BCUT2D eigenvalue weighted by Crippen LogP contribution is 2.36. The fourth-order valence-corrected chi connectivity index (χ4v) is 4.30. The van der Waals surface area contributed by atoms with Gasteiger partial charge in [-0.15, -0.1) is 11.3 Å². The highest BCUT2D eigenvalue weighted by Gasteiger charge is 2.37. The molecule has 0 fully saturated rings. The number of aromatic nitrogens is 3. The summed E-state index contributed by atoms with van der Waals surface area (Å²) in [6.45, 7) is 0.469. The van der Waals surface area contributed by atoms with Gasteiger partial charge in [0.15, 0.2) is 17.6 Å². The van der Waals surface area contributed by atoms with Gasteiger partial charge in [0, 0.05) is 47.6 Å². The largest absolute Gasteiger partial charge is 0.472 e. The summed E-state index contributed by atoms with van der Waals surface area (Å²) in [7, 11) is 0. The van der Waals surface area contributed by atoms with Crippen LogP contribution in [0.1, 0.15) is 31.5 Å². The Morgan fingerprint density at radius 2 is 2.12 bits per heavy atom. The highest BCUT2D eigenvalue weighted by molar-refractivity contribution is 7.10. The molecule has 0 bridgehead atoms. The van der Waals surface area contributed by atoms with Crippen LogP contribution in [0.5, 0.6) is 0 Å². The molecular formula is C21H13F3N4O3S. The fraction of sp³-hybridized carbons (Fsp3) is 0.143. The molecule has 32 heavy (non-hydrogen) atoms. The molecule has 5 heterocycles. The van der Waals surface area contributed by atoms with Crippen LogP contribution in [0.25, 0.3) is 22.3 Å². The number of hydrogen-bond donors (Lipinski definition) is 0. The van der Waals surface area contributed by atoms with Gasteiger partial charge < -0.3 is 9.32 Å². The van der Waals surface area contributed by atoms with Crippen molar-refractivity contribution < 1.29 is 27.2 Å². The van der Waals surface area contributed by atoms with Gasteiger partial charge in [-0.05, 0) is 12.1 Å². The zero-order valence-corrected chi connectivity index (χ0v) is 17.0. The van der Waals surface area contributed by atoms with Gasteiger partial charge in [0.2, 0.25) is 0 Å². The number of carbonyl (C=O) groups is 2. The van der Waals surface area contributed by atoms with E-state index in [0.29, 0.717) is 11.8 Å². The molecule has 0 radical (unpaired) electrons. The minimum atomic E-state index is -4.75. The van der Waals surface area contributed by atoms with Crippen LogP contribution in [-0.4, -0.2) is 44.6 Å². The molecule has 0 aliphatic carbocycles. The first-order valence-corrected chi connectivity index (χ1v) is 10.2. The first-order chi connectivity index (χ1) is 15.4. The molecule has 0 atom stereocenters. The number of thiazole rings is 1. The van der Waals surface area contributed by atoms with Crippen LogP contribution >= 0.6 is 11.3 Å². The van der Waals surface area contributed by atoms with E-state index in [-0.39, 0.29) is 30.0 Å². The van der Waals surface area contributed by atoms with Crippen molar-refractivity contribution in [2.75, 3.05) is 13.1 Å². The predicted octanol–water partition coefficient (Wildman–Crippen LogP) is 4.42. The topological polar surface area (TPSA) is 80.7 Å². The van der Waals surface area contributed by atoms with Crippen LogP contribution in [0.2, 0.25) is 0 Å². The Labute approximate surface area is 182 Å². The lowest BCUT2D eigenvalue weighted by molar-refractivity contribution is -0.136. The van der Waals surface area contributed by atoms with Crippen LogP contribution in [0.15, 0.2) is 52.9 Å². The number of amides is 1. The number of rotatable bonds is 4. The SMILES string of the molecule is O=Cc1c(C(=O)N2CC=C(c3nccs3)C2)nc2c(C(F)(F)F)cc(-c3ccoc3)cn12. The molecule has 162 valence electrons. The predicted molar refractivity (Wildman–Crippen MR) is 109 cm³/mol. The Morgan fingerprint density at radius 1 is 1.28 bits per heavy atom. The van der Waals surface area contributed by atoms with Crippen molar-refractivity contribution in [3.8, 4) is 11.1 Å². The van der Waals surface area contributed by atoms with Crippen molar-refractivity contribution in [2.24, 2.45) is 0 Å². The maximum atomic E-state index is 13.8. The number of fused-ring (bicyclic) bond motifs is 1.